The molecular formula is C10H12ClFO2. The van der Waals surface area contributed by atoms with Crippen LogP contribution in [-0.4, -0.2) is 16.8 Å². The van der Waals surface area contributed by atoms with Crippen molar-refractivity contribution in [3.8, 4) is 5.75 Å². The van der Waals surface area contributed by atoms with Gasteiger partial charge in [-0.15, -0.1) is 0 Å². The molecule has 4 heteroatoms. The minimum atomic E-state index is -0.707. The predicted molar refractivity (Wildman–Crippen MR) is 53.2 cm³/mol. The Bertz CT molecular complexity index is 350. The molecule has 14 heavy (non-hydrogen) atoms. The molecule has 1 aromatic rings. The van der Waals surface area contributed by atoms with Crippen molar-refractivity contribution in [1.29, 1.82) is 0 Å². The van der Waals surface area contributed by atoms with Gasteiger partial charge in [0.2, 0.25) is 0 Å². The quantitative estimate of drug-likeness (QED) is 0.801. The van der Waals surface area contributed by atoms with Crippen molar-refractivity contribution in [1.82, 2.24) is 0 Å². The number of phenols is 1. The first-order valence-corrected chi connectivity index (χ1v) is 4.56. The van der Waals surface area contributed by atoms with Gasteiger partial charge in [0, 0.05) is 5.41 Å². The number of hydrogen-bond donors (Lipinski definition) is 2. The molecule has 2 N–H and O–H groups in total. The van der Waals surface area contributed by atoms with Gasteiger partial charge in [0.05, 0.1) is 6.61 Å². The normalized spacial score (nSPS) is 11.8. The molecule has 0 radical (unpaired) electrons. The Morgan fingerprint density at radius 2 is 2.00 bits per heavy atom. The van der Waals surface area contributed by atoms with Crippen molar-refractivity contribution >= 4 is 11.6 Å². The summed E-state index contributed by atoms with van der Waals surface area (Å²) in [4.78, 5) is 0. The summed E-state index contributed by atoms with van der Waals surface area (Å²) in [5.74, 6) is -0.965. The van der Waals surface area contributed by atoms with Crippen molar-refractivity contribution in [2.75, 3.05) is 6.61 Å². The summed E-state index contributed by atoms with van der Waals surface area (Å²) in [7, 11) is 0. The van der Waals surface area contributed by atoms with Crippen LogP contribution in [0.2, 0.25) is 5.02 Å². The van der Waals surface area contributed by atoms with Crippen LogP contribution in [0.5, 0.6) is 5.75 Å². The third-order valence-corrected chi connectivity index (χ3v) is 2.55. The van der Waals surface area contributed by atoms with Gasteiger partial charge in [-0.3, -0.25) is 0 Å². The molecule has 0 aliphatic rings. The largest absolute Gasteiger partial charge is 0.506 e. The van der Waals surface area contributed by atoms with Gasteiger partial charge in [0.1, 0.15) is 16.6 Å². The fourth-order valence-corrected chi connectivity index (χ4v) is 1.31. The molecule has 0 fully saturated rings. The van der Waals surface area contributed by atoms with Gasteiger partial charge in [-0.1, -0.05) is 31.5 Å². The third-order valence-electron chi connectivity index (χ3n) is 2.19. The first-order valence-electron chi connectivity index (χ1n) is 4.18. The summed E-state index contributed by atoms with van der Waals surface area (Å²) < 4.78 is 13.5. The van der Waals surface area contributed by atoms with Gasteiger partial charge in [-0.2, -0.15) is 0 Å². The zero-order valence-corrected chi connectivity index (χ0v) is 8.77. The lowest BCUT2D eigenvalue weighted by molar-refractivity contribution is 0.215. The minimum absolute atomic E-state index is 0.189. The highest BCUT2D eigenvalue weighted by atomic mass is 35.5. The number of phenolic OH excluding ortho intramolecular Hbond substituents is 1. The van der Waals surface area contributed by atoms with Crippen LogP contribution in [-0.2, 0) is 5.41 Å². The molecule has 78 valence electrons. The van der Waals surface area contributed by atoms with Crippen LogP contribution in [0, 0.1) is 5.82 Å². The molecule has 1 rings (SSSR count). The molecule has 1 aromatic carbocycles. The Hall–Kier alpha value is -0.800. The number of aliphatic hydroxyl groups is 1. The first-order chi connectivity index (χ1) is 6.40. The average Bonchev–Trinajstić information content (AvgIpc) is 2.14. The molecule has 0 aliphatic carbocycles. The number of rotatable bonds is 2. The van der Waals surface area contributed by atoms with E-state index in [0.29, 0.717) is 5.56 Å². The molecule has 0 amide bonds. The van der Waals surface area contributed by atoms with Gasteiger partial charge >= 0.3 is 0 Å². The number of aromatic hydroxyl groups is 1. The summed E-state index contributed by atoms with van der Waals surface area (Å²) in [5.41, 5.74) is -0.413. The second kappa shape index (κ2) is 3.75. The maximum Gasteiger partial charge on any atom is 0.149 e. The Labute approximate surface area is 86.9 Å². The molecule has 0 saturated heterocycles. The molecule has 0 bridgehead atoms. The van der Waals surface area contributed by atoms with Crippen LogP contribution in [0.3, 0.4) is 0 Å². The van der Waals surface area contributed by atoms with Crippen LogP contribution in [0.15, 0.2) is 12.1 Å². The van der Waals surface area contributed by atoms with E-state index in [1.807, 2.05) is 0 Å². The fourth-order valence-electron chi connectivity index (χ4n) is 1.15. The highest BCUT2D eigenvalue weighted by Crippen LogP contribution is 2.34. The van der Waals surface area contributed by atoms with Crippen molar-refractivity contribution in [3.05, 3.63) is 28.5 Å². The van der Waals surface area contributed by atoms with E-state index >= 15 is 0 Å². The van der Waals surface area contributed by atoms with E-state index in [-0.39, 0.29) is 17.4 Å². The van der Waals surface area contributed by atoms with Crippen LogP contribution < -0.4 is 0 Å². The zero-order valence-electron chi connectivity index (χ0n) is 8.01. The van der Waals surface area contributed by atoms with Gasteiger partial charge < -0.3 is 10.2 Å². The maximum absolute atomic E-state index is 13.5. The smallest absolute Gasteiger partial charge is 0.149 e. The second-order valence-corrected chi connectivity index (χ2v) is 4.18. The van der Waals surface area contributed by atoms with Gasteiger partial charge in [0.25, 0.3) is 0 Å². The molecule has 0 atom stereocenters. The predicted octanol–water partition coefficient (Wildman–Crippen LogP) is 2.45. The molecular weight excluding hydrogens is 207 g/mol. The number of hydrogen-bond acceptors (Lipinski definition) is 2. The molecule has 2 nitrogen and oxygen atoms in total. The topological polar surface area (TPSA) is 40.5 Å². The van der Waals surface area contributed by atoms with Crippen molar-refractivity contribution in [3.63, 3.8) is 0 Å². The molecule has 0 heterocycles. The molecule has 0 spiro atoms. The van der Waals surface area contributed by atoms with Crippen molar-refractivity contribution in [2.45, 2.75) is 19.3 Å². The van der Waals surface area contributed by atoms with Gasteiger partial charge in [-0.25, -0.2) is 4.39 Å². The molecule has 0 aliphatic heterocycles. The summed E-state index contributed by atoms with van der Waals surface area (Å²) in [6.45, 7) is 3.20. The monoisotopic (exact) mass is 218 g/mol. The summed E-state index contributed by atoms with van der Waals surface area (Å²) in [6.07, 6.45) is 0. The number of halogens is 2. The zero-order chi connectivity index (χ0) is 10.9. The third kappa shape index (κ3) is 1.83. The lowest BCUT2D eigenvalue weighted by Gasteiger charge is -2.23. The second-order valence-electron chi connectivity index (χ2n) is 3.80. The van der Waals surface area contributed by atoms with E-state index in [4.69, 9.17) is 21.8 Å². The average molecular weight is 219 g/mol. The van der Waals surface area contributed by atoms with E-state index in [1.54, 1.807) is 13.8 Å². The van der Waals surface area contributed by atoms with Crippen LogP contribution in [0.1, 0.15) is 19.4 Å². The van der Waals surface area contributed by atoms with Gasteiger partial charge in [0.15, 0.2) is 0 Å². The number of benzene rings is 1. The molecule has 0 unspecified atom stereocenters. The van der Waals surface area contributed by atoms with E-state index in [1.165, 1.54) is 12.1 Å². The summed E-state index contributed by atoms with van der Waals surface area (Å²) >= 11 is 5.54. The Morgan fingerprint density at radius 3 is 2.50 bits per heavy atom. The minimum Gasteiger partial charge on any atom is -0.506 e. The highest BCUT2D eigenvalue weighted by molar-refractivity contribution is 6.32. The lowest BCUT2D eigenvalue weighted by atomic mass is 9.85. The van der Waals surface area contributed by atoms with Crippen LogP contribution in [0.4, 0.5) is 4.39 Å². The standard InChI is InChI=1S/C10H12ClFO2/c1-10(2,5-13)6-3-4-7(14)8(11)9(6)12/h3-4,13-14H,5H2,1-2H3. The molecule has 0 aromatic heterocycles. The summed E-state index contributed by atoms with van der Waals surface area (Å²) in [5, 5.41) is 17.9. The van der Waals surface area contributed by atoms with E-state index in [2.05, 4.69) is 0 Å². The van der Waals surface area contributed by atoms with E-state index < -0.39 is 11.2 Å². The maximum atomic E-state index is 13.5. The highest BCUT2D eigenvalue weighted by Gasteiger charge is 2.25. The Kier molecular flexibility index (Phi) is 3.02. The Balaban J connectivity index is 3.31. The molecule has 0 saturated carbocycles. The fraction of sp³-hybridized carbons (Fsp3) is 0.400. The first kappa shape index (κ1) is 11.3. The Morgan fingerprint density at radius 1 is 1.43 bits per heavy atom. The van der Waals surface area contributed by atoms with Crippen molar-refractivity contribution < 1.29 is 14.6 Å². The van der Waals surface area contributed by atoms with Crippen LogP contribution in [0.25, 0.3) is 0 Å². The lowest BCUT2D eigenvalue weighted by Crippen LogP contribution is -2.23. The van der Waals surface area contributed by atoms with Crippen molar-refractivity contribution in [2.24, 2.45) is 0 Å². The SMILES string of the molecule is CC(C)(CO)c1ccc(O)c(Cl)c1F. The van der Waals surface area contributed by atoms with E-state index in [0.717, 1.165) is 0 Å². The summed E-state index contributed by atoms with van der Waals surface area (Å²) in [6, 6.07) is 2.74. The van der Waals surface area contributed by atoms with Crippen LogP contribution >= 0.6 is 11.6 Å². The number of aliphatic hydroxyl groups excluding tert-OH is 1. The van der Waals surface area contributed by atoms with E-state index in [9.17, 15) is 4.39 Å². The van der Waals surface area contributed by atoms with Gasteiger partial charge in [-0.05, 0) is 11.6 Å².